The largest absolute Gasteiger partial charge is 0.340 e. The van der Waals surface area contributed by atoms with Crippen LogP contribution >= 0.6 is 11.3 Å². The van der Waals surface area contributed by atoms with Crippen molar-refractivity contribution in [1.29, 1.82) is 0 Å². The van der Waals surface area contributed by atoms with Crippen molar-refractivity contribution in [3.05, 3.63) is 34.5 Å². The Bertz CT molecular complexity index is 787. The fourth-order valence-electron chi connectivity index (χ4n) is 4.07. The Morgan fingerprint density at radius 2 is 2.08 bits per heavy atom. The first-order chi connectivity index (χ1) is 12.6. The molecule has 26 heavy (non-hydrogen) atoms. The van der Waals surface area contributed by atoms with E-state index in [0.29, 0.717) is 18.0 Å². The number of carbonyl (C=O) groups is 2. The standard InChI is InChI=1S/C18H23N5O2S/c1-21-12-19-20-16(21)13-5-2-8-22(11-13)17(24)14-6-3-9-23(14)18(25)15-7-4-10-26-15/h4,7,10,12-14H,2-3,5-6,8-9,11H2,1H3/t13?,14-/m0/s1. The molecule has 138 valence electrons. The Balaban J connectivity index is 1.47. The summed E-state index contributed by atoms with van der Waals surface area (Å²) < 4.78 is 1.93. The van der Waals surface area contributed by atoms with Crippen LogP contribution in [0.2, 0.25) is 0 Å². The van der Waals surface area contributed by atoms with E-state index in [1.165, 1.54) is 11.3 Å². The van der Waals surface area contributed by atoms with Gasteiger partial charge in [0.15, 0.2) is 0 Å². The van der Waals surface area contributed by atoms with Crippen molar-refractivity contribution in [2.75, 3.05) is 19.6 Å². The number of amides is 2. The molecule has 8 heteroatoms. The summed E-state index contributed by atoms with van der Waals surface area (Å²) in [6.07, 6.45) is 5.30. The summed E-state index contributed by atoms with van der Waals surface area (Å²) in [6, 6.07) is 3.38. The molecular formula is C18H23N5O2S. The summed E-state index contributed by atoms with van der Waals surface area (Å²) in [5, 5.41) is 10.1. The Kier molecular flexibility index (Phi) is 4.76. The fourth-order valence-corrected chi connectivity index (χ4v) is 4.75. The Morgan fingerprint density at radius 1 is 1.23 bits per heavy atom. The number of aryl methyl sites for hydroxylation is 1. The van der Waals surface area contributed by atoms with E-state index in [1.54, 1.807) is 11.2 Å². The molecule has 0 N–H and O–H groups in total. The molecule has 0 saturated carbocycles. The minimum absolute atomic E-state index is 0.0160. The van der Waals surface area contributed by atoms with Gasteiger partial charge in [0, 0.05) is 32.6 Å². The second-order valence-corrected chi connectivity index (χ2v) is 8.01. The van der Waals surface area contributed by atoms with Crippen molar-refractivity contribution >= 4 is 23.2 Å². The molecule has 0 radical (unpaired) electrons. The molecule has 0 spiro atoms. The smallest absolute Gasteiger partial charge is 0.264 e. The van der Waals surface area contributed by atoms with Gasteiger partial charge in [0.2, 0.25) is 5.91 Å². The SMILES string of the molecule is Cn1cnnc1C1CCCN(C(=O)[C@@H]2CCCN2C(=O)c2cccs2)C1. The van der Waals surface area contributed by atoms with E-state index in [4.69, 9.17) is 0 Å². The van der Waals surface area contributed by atoms with Gasteiger partial charge in [0.05, 0.1) is 4.88 Å². The molecule has 2 atom stereocenters. The first kappa shape index (κ1) is 17.2. The molecule has 2 aliphatic heterocycles. The zero-order valence-electron chi connectivity index (χ0n) is 14.9. The molecule has 1 unspecified atom stereocenters. The van der Waals surface area contributed by atoms with Crippen molar-refractivity contribution in [1.82, 2.24) is 24.6 Å². The Morgan fingerprint density at radius 3 is 2.81 bits per heavy atom. The van der Waals surface area contributed by atoms with E-state index >= 15 is 0 Å². The van der Waals surface area contributed by atoms with Gasteiger partial charge in [-0.15, -0.1) is 21.5 Å². The number of carbonyl (C=O) groups excluding carboxylic acids is 2. The van der Waals surface area contributed by atoms with Gasteiger partial charge >= 0.3 is 0 Å². The van der Waals surface area contributed by atoms with Crippen LogP contribution in [0.1, 0.15) is 47.1 Å². The number of aromatic nitrogens is 3. The van der Waals surface area contributed by atoms with Gasteiger partial charge in [-0.25, -0.2) is 0 Å². The first-order valence-corrected chi connectivity index (χ1v) is 10.0. The predicted molar refractivity (Wildman–Crippen MR) is 97.9 cm³/mol. The minimum Gasteiger partial charge on any atom is -0.340 e. The zero-order valence-corrected chi connectivity index (χ0v) is 15.7. The van der Waals surface area contributed by atoms with Crippen LogP contribution in [0.3, 0.4) is 0 Å². The lowest BCUT2D eigenvalue weighted by Gasteiger charge is -2.35. The van der Waals surface area contributed by atoms with Crippen LogP contribution < -0.4 is 0 Å². The number of rotatable bonds is 3. The minimum atomic E-state index is -0.331. The lowest BCUT2D eigenvalue weighted by atomic mass is 9.96. The Hall–Kier alpha value is -2.22. The van der Waals surface area contributed by atoms with E-state index in [-0.39, 0.29) is 23.8 Å². The van der Waals surface area contributed by atoms with Gasteiger partial charge in [0.25, 0.3) is 5.91 Å². The van der Waals surface area contributed by atoms with Crippen LogP contribution in [0.4, 0.5) is 0 Å². The average molecular weight is 373 g/mol. The second kappa shape index (κ2) is 7.19. The highest BCUT2D eigenvalue weighted by Gasteiger charge is 2.39. The van der Waals surface area contributed by atoms with Crippen LogP contribution in [-0.4, -0.2) is 62.1 Å². The van der Waals surface area contributed by atoms with Crippen molar-refractivity contribution in [2.24, 2.45) is 7.05 Å². The van der Waals surface area contributed by atoms with E-state index in [2.05, 4.69) is 10.2 Å². The summed E-state index contributed by atoms with van der Waals surface area (Å²) in [5.41, 5.74) is 0. The highest BCUT2D eigenvalue weighted by molar-refractivity contribution is 7.12. The summed E-state index contributed by atoms with van der Waals surface area (Å²) in [7, 11) is 1.94. The lowest BCUT2D eigenvalue weighted by molar-refractivity contribution is -0.136. The molecule has 2 amide bonds. The van der Waals surface area contributed by atoms with Gasteiger partial charge in [-0.1, -0.05) is 6.07 Å². The van der Waals surface area contributed by atoms with Crippen molar-refractivity contribution < 1.29 is 9.59 Å². The monoisotopic (exact) mass is 373 g/mol. The highest BCUT2D eigenvalue weighted by Crippen LogP contribution is 2.28. The molecule has 2 aromatic rings. The normalized spacial score (nSPS) is 23.4. The number of likely N-dealkylation sites (tertiary alicyclic amines) is 2. The lowest BCUT2D eigenvalue weighted by Crippen LogP contribution is -2.50. The van der Waals surface area contributed by atoms with E-state index in [9.17, 15) is 9.59 Å². The Labute approximate surface area is 156 Å². The quantitative estimate of drug-likeness (QED) is 0.824. The number of nitrogens with zero attached hydrogens (tertiary/aromatic N) is 5. The maximum atomic E-state index is 13.2. The maximum Gasteiger partial charge on any atom is 0.264 e. The van der Waals surface area contributed by atoms with Crippen molar-refractivity contribution in [3.8, 4) is 0 Å². The second-order valence-electron chi connectivity index (χ2n) is 7.06. The third-order valence-electron chi connectivity index (χ3n) is 5.38. The van der Waals surface area contributed by atoms with Crippen LogP contribution in [0, 0.1) is 0 Å². The average Bonchev–Trinajstić information content (AvgIpc) is 3.41. The van der Waals surface area contributed by atoms with E-state index < -0.39 is 0 Å². The van der Waals surface area contributed by atoms with Crippen LogP contribution in [0.25, 0.3) is 0 Å². The summed E-state index contributed by atoms with van der Waals surface area (Å²) in [6.45, 7) is 2.07. The topological polar surface area (TPSA) is 71.3 Å². The summed E-state index contributed by atoms with van der Waals surface area (Å²) in [5.74, 6) is 1.21. The van der Waals surface area contributed by atoms with Crippen LogP contribution in [0.5, 0.6) is 0 Å². The third kappa shape index (κ3) is 3.13. The van der Waals surface area contributed by atoms with Gasteiger partial charge in [-0.05, 0) is 37.1 Å². The molecule has 2 fully saturated rings. The summed E-state index contributed by atoms with van der Waals surface area (Å²) >= 11 is 1.43. The molecule has 2 aliphatic rings. The maximum absolute atomic E-state index is 13.2. The van der Waals surface area contributed by atoms with Crippen LogP contribution in [0.15, 0.2) is 23.8 Å². The molecule has 2 saturated heterocycles. The molecule has 7 nitrogen and oxygen atoms in total. The number of thiophene rings is 1. The molecule has 2 aromatic heterocycles. The zero-order chi connectivity index (χ0) is 18.1. The van der Waals surface area contributed by atoms with Crippen molar-refractivity contribution in [3.63, 3.8) is 0 Å². The van der Waals surface area contributed by atoms with Gasteiger partial charge in [-0.2, -0.15) is 0 Å². The van der Waals surface area contributed by atoms with E-state index in [0.717, 1.165) is 38.1 Å². The molecule has 0 bridgehead atoms. The summed E-state index contributed by atoms with van der Waals surface area (Å²) in [4.78, 5) is 30.3. The molecule has 0 aromatic carbocycles. The van der Waals surface area contributed by atoms with Crippen LogP contribution in [-0.2, 0) is 11.8 Å². The molecule has 0 aliphatic carbocycles. The van der Waals surface area contributed by atoms with Gasteiger partial charge < -0.3 is 14.4 Å². The predicted octanol–water partition coefficient (Wildman–Crippen LogP) is 1.89. The van der Waals surface area contributed by atoms with Gasteiger partial charge in [-0.3, -0.25) is 9.59 Å². The highest BCUT2D eigenvalue weighted by atomic mass is 32.1. The third-order valence-corrected chi connectivity index (χ3v) is 6.23. The number of hydrogen-bond donors (Lipinski definition) is 0. The molecule has 4 rings (SSSR count). The fraction of sp³-hybridized carbons (Fsp3) is 0.556. The number of hydrogen-bond acceptors (Lipinski definition) is 5. The molecule has 4 heterocycles. The van der Waals surface area contributed by atoms with E-state index in [1.807, 2.05) is 34.0 Å². The number of piperidine rings is 1. The van der Waals surface area contributed by atoms with Gasteiger partial charge in [0.1, 0.15) is 18.2 Å². The molecular weight excluding hydrogens is 350 g/mol. The first-order valence-electron chi connectivity index (χ1n) is 9.12. The van der Waals surface area contributed by atoms with Crippen molar-refractivity contribution in [2.45, 2.75) is 37.6 Å².